The Labute approximate surface area is 176 Å². The van der Waals surface area contributed by atoms with Gasteiger partial charge in [0.1, 0.15) is 0 Å². The molecule has 0 bridgehead atoms. The van der Waals surface area contributed by atoms with Crippen molar-refractivity contribution in [2.45, 2.75) is 79.8 Å². The van der Waals surface area contributed by atoms with Crippen LogP contribution in [0.3, 0.4) is 0 Å². The van der Waals surface area contributed by atoms with Crippen LogP contribution in [0, 0.1) is 0 Å². The van der Waals surface area contributed by atoms with E-state index in [0.29, 0.717) is 0 Å². The van der Waals surface area contributed by atoms with Crippen LogP contribution in [-0.2, 0) is 18.9 Å². The van der Waals surface area contributed by atoms with Crippen molar-refractivity contribution in [3.05, 3.63) is 34.4 Å². The maximum atomic E-state index is 12.6. The summed E-state index contributed by atoms with van der Waals surface area (Å²) < 4.78 is 20.8. The van der Waals surface area contributed by atoms with Gasteiger partial charge in [-0.25, -0.2) is 19.2 Å². The van der Waals surface area contributed by atoms with Crippen molar-refractivity contribution in [2.75, 3.05) is 0 Å². The van der Waals surface area contributed by atoms with Crippen LogP contribution in [0.4, 0.5) is 0 Å². The zero-order chi connectivity index (χ0) is 23.2. The van der Waals surface area contributed by atoms with Crippen molar-refractivity contribution < 1.29 is 38.1 Å². The molecule has 0 radical (unpaired) electrons. The first-order chi connectivity index (χ1) is 13.8. The molecule has 0 atom stereocenters. The zero-order valence-electron chi connectivity index (χ0n) is 18.7. The van der Waals surface area contributed by atoms with Gasteiger partial charge in [0.25, 0.3) is 0 Å². The van der Waals surface area contributed by atoms with E-state index >= 15 is 0 Å². The summed E-state index contributed by atoms with van der Waals surface area (Å²) >= 11 is 0. The molecular formula is C22H30O8. The molecular weight excluding hydrogens is 392 g/mol. The number of benzene rings is 1. The van der Waals surface area contributed by atoms with Crippen molar-refractivity contribution in [1.29, 1.82) is 0 Å². The van der Waals surface area contributed by atoms with E-state index in [-0.39, 0.29) is 22.3 Å². The Balaban J connectivity index is 3.71. The van der Waals surface area contributed by atoms with Crippen molar-refractivity contribution in [1.82, 2.24) is 0 Å². The molecule has 166 valence electrons. The molecule has 1 rings (SSSR count). The third-order valence-electron chi connectivity index (χ3n) is 3.41. The van der Waals surface area contributed by atoms with Gasteiger partial charge in [0.2, 0.25) is 0 Å². The third-order valence-corrected chi connectivity index (χ3v) is 3.41. The number of esters is 4. The quantitative estimate of drug-likeness (QED) is 0.458. The van der Waals surface area contributed by atoms with Gasteiger partial charge in [-0.15, -0.1) is 0 Å². The highest BCUT2D eigenvalue weighted by Crippen LogP contribution is 2.23. The van der Waals surface area contributed by atoms with Crippen LogP contribution in [0.25, 0.3) is 0 Å². The monoisotopic (exact) mass is 422 g/mol. The van der Waals surface area contributed by atoms with Crippen LogP contribution in [0.5, 0.6) is 0 Å². The van der Waals surface area contributed by atoms with Gasteiger partial charge in [-0.2, -0.15) is 0 Å². The first-order valence-corrected chi connectivity index (χ1v) is 9.85. The SMILES string of the molecule is CC(C)OC(=O)c1cc(C(=O)OC(C)C)c(C(=O)OC(C)C)cc1C(=O)OC(C)C. The number of hydrogen-bond acceptors (Lipinski definition) is 8. The van der Waals surface area contributed by atoms with Gasteiger partial charge in [-0.1, -0.05) is 0 Å². The van der Waals surface area contributed by atoms with Crippen molar-refractivity contribution >= 4 is 23.9 Å². The van der Waals surface area contributed by atoms with Gasteiger partial charge in [-0.3, -0.25) is 0 Å². The normalized spacial score (nSPS) is 11.1. The van der Waals surface area contributed by atoms with Gasteiger partial charge < -0.3 is 18.9 Å². The summed E-state index contributed by atoms with van der Waals surface area (Å²) in [6.45, 7) is 13.2. The van der Waals surface area contributed by atoms with Crippen LogP contribution in [-0.4, -0.2) is 48.3 Å². The number of carbonyl (C=O) groups is 4. The van der Waals surface area contributed by atoms with Gasteiger partial charge in [-0.05, 0) is 67.5 Å². The molecule has 0 aliphatic heterocycles. The summed E-state index contributed by atoms with van der Waals surface area (Å²) in [5.74, 6) is -3.32. The molecule has 0 saturated carbocycles. The number of ether oxygens (including phenoxy) is 4. The van der Waals surface area contributed by atoms with Crippen LogP contribution in [0.1, 0.15) is 96.8 Å². The Morgan fingerprint density at radius 3 is 0.767 bits per heavy atom. The molecule has 1 aromatic rings. The van der Waals surface area contributed by atoms with E-state index in [0.717, 1.165) is 12.1 Å². The molecule has 0 aliphatic carbocycles. The second-order valence-corrected chi connectivity index (χ2v) is 7.76. The Morgan fingerprint density at radius 1 is 0.467 bits per heavy atom. The molecule has 1 aromatic carbocycles. The van der Waals surface area contributed by atoms with E-state index < -0.39 is 48.3 Å². The fourth-order valence-electron chi connectivity index (χ4n) is 2.39. The summed E-state index contributed by atoms with van der Waals surface area (Å²) in [5, 5.41) is 0. The average molecular weight is 422 g/mol. The molecule has 0 saturated heterocycles. The number of carbonyl (C=O) groups excluding carboxylic acids is 4. The molecule has 0 N–H and O–H groups in total. The van der Waals surface area contributed by atoms with Crippen LogP contribution < -0.4 is 0 Å². The fraction of sp³-hybridized carbons (Fsp3) is 0.545. The van der Waals surface area contributed by atoms with Crippen molar-refractivity contribution in [2.24, 2.45) is 0 Å². The molecule has 0 amide bonds. The smallest absolute Gasteiger partial charge is 0.339 e. The summed E-state index contributed by atoms with van der Waals surface area (Å²) in [6.07, 6.45) is -1.88. The van der Waals surface area contributed by atoms with E-state index in [1.54, 1.807) is 55.4 Å². The first kappa shape index (κ1) is 25.1. The number of hydrogen-bond donors (Lipinski definition) is 0. The summed E-state index contributed by atoms with van der Waals surface area (Å²) in [6, 6.07) is 2.23. The summed E-state index contributed by atoms with van der Waals surface area (Å²) in [4.78, 5) is 50.5. The summed E-state index contributed by atoms with van der Waals surface area (Å²) in [5.41, 5.74) is -0.811. The lowest BCUT2D eigenvalue weighted by molar-refractivity contribution is 0.0311. The van der Waals surface area contributed by atoms with E-state index in [1.807, 2.05) is 0 Å². The highest BCUT2D eigenvalue weighted by molar-refractivity contribution is 6.10. The Morgan fingerprint density at radius 2 is 0.633 bits per heavy atom. The van der Waals surface area contributed by atoms with Gasteiger partial charge in [0.15, 0.2) is 0 Å². The molecule has 8 nitrogen and oxygen atoms in total. The second-order valence-electron chi connectivity index (χ2n) is 7.76. The van der Waals surface area contributed by atoms with Crippen LogP contribution in [0.2, 0.25) is 0 Å². The van der Waals surface area contributed by atoms with Crippen LogP contribution >= 0.6 is 0 Å². The Kier molecular flexibility index (Phi) is 9.01. The minimum atomic E-state index is -0.830. The first-order valence-electron chi connectivity index (χ1n) is 9.85. The molecule has 30 heavy (non-hydrogen) atoms. The summed E-state index contributed by atoms with van der Waals surface area (Å²) in [7, 11) is 0. The van der Waals surface area contributed by atoms with E-state index in [4.69, 9.17) is 18.9 Å². The molecule has 0 unspecified atom stereocenters. The molecule has 0 aliphatic rings. The van der Waals surface area contributed by atoms with Crippen molar-refractivity contribution in [3.63, 3.8) is 0 Å². The highest BCUT2D eigenvalue weighted by atomic mass is 16.6. The van der Waals surface area contributed by atoms with Crippen LogP contribution in [0.15, 0.2) is 12.1 Å². The zero-order valence-corrected chi connectivity index (χ0v) is 18.7. The molecule has 8 heteroatoms. The largest absolute Gasteiger partial charge is 0.459 e. The molecule has 0 heterocycles. The number of rotatable bonds is 8. The lowest BCUT2D eigenvalue weighted by Crippen LogP contribution is -2.24. The minimum absolute atomic E-state index is 0.203. The Bertz CT molecular complexity index is 675. The predicted octanol–water partition coefficient (Wildman–Crippen LogP) is 3.95. The second kappa shape index (κ2) is 10.8. The van der Waals surface area contributed by atoms with Gasteiger partial charge in [0.05, 0.1) is 46.7 Å². The predicted molar refractivity (Wildman–Crippen MR) is 109 cm³/mol. The molecule has 0 fully saturated rings. The topological polar surface area (TPSA) is 105 Å². The fourth-order valence-corrected chi connectivity index (χ4v) is 2.39. The lowest BCUT2D eigenvalue weighted by Gasteiger charge is -2.18. The van der Waals surface area contributed by atoms with E-state index in [1.165, 1.54) is 0 Å². The van der Waals surface area contributed by atoms with Gasteiger partial charge in [0, 0.05) is 0 Å². The van der Waals surface area contributed by atoms with Gasteiger partial charge >= 0.3 is 23.9 Å². The maximum Gasteiger partial charge on any atom is 0.339 e. The maximum absolute atomic E-state index is 12.6. The average Bonchev–Trinajstić information content (AvgIpc) is 2.58. The minimum Gasteiger partial charge on any atom is -0.459 e. The molecule has 0 spiro atoms. The third kappa shape index (κ3) is 7.17. The highest BCUT2D eigenvalue weighted by Gasteiger charge is 2.30. The van der Waals surface area contributed by atoms with E-state index in [2.05, 4.69) is 0 Å². The molecule has 0 aromatic heterocycles. The van der Waals surface area contributed by atoms with Crippen molar-refractivity contribution in [3.8, 4) is 0 Å². The lowest BCUT2D eigenvalue weighted by atomic mass is 9.97. The Hall–Kier alpha value is -2.90. The standard InChI is InChI=1S/C22H30O8/c1-11(2)27-19(23)15-9-17(21(25)29-13(5)6)18(22(26)30-14(7)8)10-16(15)20(24)28-12(3)4/h9-14H,1-8H3. The van der Waals surface area contributed by atoms with E-state index in [9.17, 15) is 19.2 Å².